The van der Waals surface area contributed by atoms with Gasteiger partial charge in [-0.1, -0.05) is 11.6 Å². The molecule has 4 aromatic rings. The number of hydrogen-bond donors (Lipinski definition) is 1. The van der Waals surface area contributed by atoms with Gasteiger partial charge in [-0.05, 0) is 30.3 Å². The van der Waals surface area contributed by atoms with E-state index in [1.54, 1.807) is 31.8 Å². The van der Waals surface area contributed by atoms with Crippen LogP contribution < -0.4 is 5.32 Å². The molecule has 0 aliphatic carbocycles. The van der Waals surface area contributed by atoms with Gasteiger partial charge in [-0.3, -0.25) is 9.55 Å². The molecule has 0 unspecified atom stereocenters. The summed E-state index contributed by atoms with van der Waals surface area (Å²) in [5.74, 6) is 1.32. The molecule has 1 N–H and O–H groups in total. The van der Waals surface area contributed by atoms with Crippen LogP contribution in [-0.4, -0.2) is 31.6 Å². The zero-order valence-corrected chi connectivity index (χ0v) is 13.6. The van der Waals surface area contributed by atoms with Crippen LogP contribution in [0.3, 0.4) is 0 Å². The number of imidazole rings is 1. The molecule has 0 fully saturated rings. The zero-order valence-electron chi connectivity index (χ0n) is 12.8. The minimum atomic E-state index is 0.564. The van der Waals surface area contributed by atoms with Gasteiger partial charge in [-0.2, -0.15) is 0 Å². The number of anilines is 1. The van der Waals surface area contributed by atoms with Crippen molar-refractivity contribution in [1.29, 1.82) is 0 Å². The topological polar surface area (TPSA) is 68.5 Å². The van der Waals surface area contributed by atoms with E-state index in [0.717, 1.165) is 28.1 Å². The Hall–Kier alpha value is -2.99. The lowest BCUT2D eigenvalue weighted by molar-refractivity contribution is 1.07. The molecule has 0 spiro atoms. The Kier molecular flexibility index (Phi) is 3.59. The van der Waals surface area contributed by atoms with Gasteiger partial charge < -0.3 is 5.32 Å². The molecule has 1 aromatic carbocycles. The van der Waals surface area contributed by atoms with Crippen molar-refractivity contribution >= 4 is 28.6 Å². The summed E-state index contributed by atoms with van der Waals surface area (Å²) in [6.45, 7) is 0. The van der Waals surface area contributed by atoms with Gasteiger partial charge in [0.05, 0.1) is 22.8 Å². The van der Waals surface area contributed by atoms with E-state index in [9.17, 15) is 0 Å². The van der Waals surface area contributed by atoms with Crippen LogP contribution in [0.5, 0.6) is 0 Å². The van der Waals surface area contributed by atoms with Gasteiger partial charge in [0.25, 0.3) is 0 Å². The number of nitrogens with zero attached hydrogens (tertiary/aromatic N) is 5. The van der Waals surface area contributed by atoms with Crippen molar-refractivity contribution in [2.45, 2.75) is 0 Å². The molecule has 0 amide bonds. The highest BCUT2D eigenvalue weighted by molar-refractivity contribution is 6.30. The summed E-state index contributed by atoms with van der Waals surface area (Å²) in [5.41, 5.74) is 3.53. The van der Waals surface area contributed by atoms with Crippen molar-refractivity contribution in [2.75, 3.05) is 12.4 Å². The van der Waals surface area contributed by atoms with Gasteiger partial charge in [0, 0.05) is 36.3 Å². The van der Waals surface area contributed by atoms with Crippen molar-refractivity contribution in [3.8, 4) is 17.1 Å². The SMILES string of the molecule is CNc1ncc(-c2nc3ccncc3n2-c2ccc(Cl)cc2)cn1. The maximum atomic E-state index is 6.02. The third-order valence-electron chi connectivity index (χ3n) is 3.68. The van der Waals surface area contributed by atoms with Crippen LogP contribution in [0.2, 0.25) is 5.02 Å². The molecule has 24 heavy (non-hydrogen) atoms. The number of pyridine rings is 1. The minimum Gasteiger partial charge on any atom is -0.357 e. The molecule has 118 valence electrons. The first-order valence-electron chi connectivity index (χ1n) is 7.35. The highest BCUT2D eigenvalue weighted by atomic mass is 35.5. The summed E-state index contributed by atoms with van der Waals surface area (Å²) in [7, 11) is 1.78. The molecular formula is C17H13ClN6. The highest BCUT2D eigenvalue weighted by Crippen LogP contribution is 2.28. The third kappa shape index (κ3) is 2.47. The predicted octanol–water partition coefficient (Wildman–Crippen LogP) is 3.57. The largest absolute Gasteiger partial charge is 0.357 e. The van der Waals surface area contributed by atoms with E-state index >= 15 is 0 Å². The van der Waals surface area contributed by atoms with Crippen LogP contribution in [0.4, 0.5) is 5.95 Å². The number of fused-ring (bicyclic) bond motifs is 1. The maximum Gasteiger partial charge on any atom is 0.222 e. The number of hydrogen-bond acceptors (Lipinski definition) is 5. The van der Waals surface area contributed by atoms with Crippen molar-refractivity contribution in [2.24, 2.45) is 0 Å². The molecule has 0 bridgehead atoms. The summed E-state index contributed by atoms with van der Waals surface area (Å²) in [6.07, 6.45) is 7.02. The van der Waals surface area contributed by atoms with Gasteiger partial charge in [-0.25, -0.2) is 15.0 Å². The lowest BCUT2D eigenvalue weighted by atomic mass is 10.2. The molecule has 0 saturated heterocycles. The van der Waals surface area contributed by atoms with Crippen LogP contribution in [-0.2, 0) is 0 Å². The second-order valence-electron chi connectivity index (χ2n) is 5.16. The molecule has 3 aromatic heterocycles. The Balaban J connectivity index is 1.97. The van der Waals surface area contributed by atoms with Crippen molar-refractivity contribution < 1.29 is 0 Å². The second kappa shape index (κ2) is 5.90. The van der Waals surface area contributed by atoms with Crippen LogP contribution in [0.15, 0.2) is 55.1 Å². The predicted molar refractivity (Wildman–Crippen MR) is 94.4 cm³/mol. The Morgan fingerprint density at radius 1 is 1.00 bits per heavy atom. The maximum absolute atomic E-state index is 6.02. The Labute approximate surface area is 143 Å². The van der Waals surface area contributed by atoms with Gasteiger partial charge >= 0.3 is 0 Å². The Bertz CT molecular complexity index is 992. The van der Waals surface area contributed by atoms with Crippen molar-refractivity contribution in [3.05, 3.63) is 60.1 Å². The summed E-state index contributed by atoms with van der Waals surface area (Å²) < 4.78 is 2.02. The summed E-state index contributed by atoms with van der Waals surface area (Å²) in [6, 6.07) is 9.48. The molecule has 6 nitrogen and oxygen atoms in total. The fourth-order valence-corrected chi connectivity index (χ4v) is 2.67. The third-order valence-corrected chi connectivity index (χ3v) is 3.93. The Morgan fingerprint density at radius 3 is 2.46 bits per heavy atom. The quantitative estimate of drug-likeness (QED) is 0.619. The van der Waals surface area contributed by atoms with E-state index in [2.05, 4.69) is 20.3 Å². The molecular weight excluding hydrogens is 324 g/mol. The highest BCUT2D eigenvalue weighted by Gasteiger charge is 2.15. The number of rotatable bonds is 3. The van der Waals surface area contributed by atoms with Crippen LogP contribution >= 0.6 is 11.6 Å². The van der Waals surface area contributed by atoms with Gasteiger partial charge in [0.15, 0.2) is 0 Å². The zero-order chi connectivity index (χ0) is 16.5. The van der Waals surface area contributed by atoms with E-state index in [0.29, 0.717) is 11.0 Å². The second-order valence-corrected chi connectivity index (χ2v) is 5.59. The fraction of sp³-hybridized carbons (Fsp3) is 0.0588. The average Bonchev–Trinajstić information content (AvgIpc) is 3.02. The smallest absolute Gasteiger partial charge is 0.222 e. The first-order valence-corrected chi connectivity index (χ1v) is 7.72. The van der Waals surface area contributed by atoms with Gasteiger partial charge in [0.2, 0.25) is 5.95 Å². The van der Waals surface area contributed by atoms with Crippen LogP contribution in [0.1, 0.15) is 0 Å². The molecule has 3 heterocycles. The van der Waals surface area contributed by atoms with Gasteiger partial charge in [-0.15, -0.1) is 0 Å². The molecule has 4 rings (SSSR count). The number of halogens is 1. The van der Waals surface area contributed by atoms with E-state index in [1.807, 2.05) is 34.9 Å². The standard InChI is InChI=1S/C17H13ClN6/c1-19-17-21-8-11(9-22-17)16-23-14-6-7-20-10-15(14)24(16)13-4-2-12(18)3-5-13/h2-10H,1H3,(H,19,21,22). The van der Waals surface area contributed by atoms with Gasteiger partial charge in [0.1, 0.15) is 5.82 Å². The normalized spacial score (nSPS) is 10.9. The molecule has 0 radical (unpaired) electrons. The molecule has 0 saturated carbocycles. The van der Waals surface area contributed by atoms with Crippen molar-refractivity contribution in [1.82, 2.24) is 24.5 Å². The van der Waals surface area contributed by atoms with Crippen molar-refractivity contribution in [3.63, 3.8) is 0 Å². The number of benzene rings is 1. The molecule has 0 aliphatic heterocycles. The molecule has 0 aliphatic rings. The monoisotopic (exact) mass is 336 g/mol. The lowest BCUT2D eigenvalue weighted by Crippen LogP contribution is -2.00. The van der Waals surface area contributed by atoms with Crippen LogP contribution in [0, 0.1) is 0 Å². The van der Waals surface area contributed by atoms with Crippen LogP contribution in [0.25, 0.3) is 28.1 Å². The summed E-state index contributed by atoms with van der Waals surface area (Å²) in [5, 5.41) is 3.60. The average molecular weight is 337 g/mol. The summed E-state index contributed by atoms with van der Waals surface area (Å²) in [4.78, 5) is 17.5. The van der Waals surface area contributed by atoms with E-state index < -0.39 is 0 Å². The summed E-state index contributed by atoms with van der Waals surface area (Å²) >= 11 is 6.02. The lowest BCUT2D eigenvalue weighted by Gasteiger charge is -2.09. The van der Waals surface area contributed by atoms with E-state index in [1.165, 1.54) is 0 Å². The minimum absolute atomic E-state index is 0.564. The Morgan fingerprint density at radius 2 is 1.75 bits per heavy atom. The molecule has 7 heteroatoms. The fourth-order valence-electron chi connectivity index (χ4n) is 2.54. The molecule has 0 atom stereocenters. The first-order chi connectivity index (χ1) is 11.8. The number of aromatic nitrogens is 5. The number of nitrogens with one attached hydrogen (secondary N) is 1. The van der Waals surface area contributed by atoms with E-state index in [-0.39, 0.29) is 0 Å². The van der Waals surface area contributed by atoms with E-state index in [4.69, 9.17) is 16.6 Å². The first kappa shape index (κ1) is 14.6.